The number of guanidine groups is 1. The minimum absolute atomic E-state index is 0.000637. The van der Waals surface area contributed by atoms with Gasteiger partial charge in [0.25, 0.3) is 0 Å². The van der Waals surface area contributed by atoms with E-state index in [1.807, 2.05) is 19.1 Å². The molecular formula is C21H30F3N5O2. The van der Waals surface area contributed by atoms with Crippen LogP contribution in [0.1, 0.15) is 18.9 Å². The largest absolute Gasteiger partial charge is 0.454 e. The molecule has 0 amide bonds. The van der Waals surface area contributed by atoms with E-state index in [9.17, 15) is 13.2 Å². The summed E-state index contributed by atoms with van der Waals surface area (Å²) in [5.41, 5.74) is 1.19. The third-order valence-corrected chi connectivity index (χ3v) is 5.83. The fraction of sp³-hybridized carbons (Fsp3) is 0.667. The van der Waals surface area contributed by atoms with Crippen molar-refractivity contribution in [3.8, 4) is 11.5 Å². The minimum Gasteiger partial charge on any atom is -0.454 e. The van der Waals surface area contributed by atoms with Crippen LogP contribution in [-0.2, 0) is 6.54 Å². The molecule has 0 bridgehead atoms. The summed E-state index contributed by atoms with van der Waals surface area (Å²) in [6.45, 7) is 7.18. The molecule has 2 fully saturated rings. The first-order chi connectivity index (χ1) is 14.9. The Labute approximate surface area is 180 Å². The summed E-state index contributed by atoms with van der Waals surface area (Å²) < 4.78 is 48.8. The van der Waals surface area contributed by atoms with Crippen LogP contribution >= 0.6 is 0 Å². The lowest BCUT2D eigenvalue weighted by atomic mass is 10.1. The Morgan fingerprint density at radius 3 is 2.61 bits per heavy atom. The molecule has 1 aromatic rings. The van der Waals surface area contributed by atoms with E-state index >= 15 is 0 Å². The zero-order valence-electron chi connectivity index (χ0n) is 17.8. The van der Waals surface area contributed by atoms with Gasteiger partial charge in [0.05, 0.1) is 6.54 Å². The van der Waals surface area contributed by atoms with Crippen molar-refractivity contribution in [1.82, 2.24) is 20.0 Å². The average Bonchev–Trinajstić information content (AvgIpc) is 3.36. The van der Waals surface area contributed by atoms with Gasteiger partial charge in [-0.05, 0) is 31.0 Å². The lowest BCUT2D eigenvalue weighted by molar-refractivity contribution is -0.143. The molecule has 1 unspecified atom stereocenters. The molecule has 3 heterocycles. The monoisotopic (exact) mass is 441 g/mol. The Morgan fingerprint density at radius 1 is 1.10 bits per heavy atom. The van der Waals surface area contributed by atoms with Crippen molar-refractivity contribution >= 4 is 5.96 Å². The second kappa shape index (κ2) is 9.52. The number of hydrogen-bond donors (Lipinski definition) is 1. The number of likely N-dealkylation sites (tertiary alicyclic amines) is 1. The number of nitrogens with one attached hydrogen (secondary N) is 1. The van der Waals surface area contributed by atoms with Gasteiger partial charge in [0.15, 0.2) is 17.5 Å². The molecule has 2 saturated heterocycles. The van der Waals surface area contributed by atoms with Gasteiger partial charge in [-0.2, -0.15) is 13.2 Å². The first-order valence-electron chi connectivity index (χ1n) is 10.9. The van der Waals surface area contributed by atoms with E-state index < -0.39 is 12.7 Å². The number of rotatable bonds is 5. The molecule has 0 spiro atoms. The van der Waals surface area contributed by atoms with Crippen LogP contribution in [0.15, 0.2) is 23.2 Å². The first kappa shape index (κ1) is 22.0. The molecule has 1 atom stereocenters. The molecule has 10 heteroatoms. The van der Waals surface area contributed by atoms with Crippen LogP contribution in [0.25, 0.3) is 0 Å². The van der Waals surface area contributed by atoms with Gasteiger partial charge in [-0.1, -0.05) is 6.07 Å². The van der Waals surface area contributed by atoms with Crippen LogP contribution in [0.2, 0.25) is 0 Å². The zero-order valence-corrected chi connectivity index (χ0v) is 17.8. The van der Waals surface area contributed by atoms with Gasteiger partial charge in [-0.25, -0.2) is 0 Å². The standard InChI is InChI=1S/C21H30F3N5O2/c1-2-25-20(26-17-5-6-28(13-17)14-21(22,23)24)29-9-7-27(8-10-29)12-16-3-4-18-19(11-16)31-15-30-18/h3-4,11,17H,2,5-10,12-15H2,1H3,(H,25,26). The quantitative estimate of drug-likeness (QED) is 0.558. The van der Waals surface area contributed by atoms with E-state index in [4.69, 9.17) is 9.47 Å². The van der Waals surface area contributed by atoms with Gasteiger partial charge >= 0.3 is 6.18 Å². The number of nitrogens with zero attached hydrogens (tertiary/aromatic N) is 4. The second-order valence-electron chi connectivity index (χ2n) is 8.23. The number of halogens is 3. The van der Waals surface area contributed by atoms with Crippen LogP contribution in [0, 0.1) is 0 Å². The van der Waals surface area contributed by atoms with Crippen LogP contribution in [-0.4, -0.2) is 92.0 Å². The van der Waals surface area contributed by atoms with Gasteiger partial charge < -0.3 is 19.7 Å². The molecule has 7 nitrogen and oxygen atoms in total. The van der Waals surface area contributed by atoms with Gasteiger partial charge in [0.1, 0.15) is 0 Å². The molecular weight excluding hydrogens is 411 g/mol. The molecule has 1 N–H and O–H groups in total. The summed E-state index contributed by atoms with van der Waals surface area (Å²) in [4.78, 5) is 10.7. The molecule has 0 aromatic heterocycles. The molecule has 31 heavy (non-hydrogen) atoms. The predicted molar refractivity (Wildman–Crippen MR) is 111 cm³/mol. The van der Waals surface area contributed by atoms with Crippen LogP contribution in [0.4, 0.5) is 13.2 Å². The van der Waals surface area contributed by atoms with E-state index in [0.717, 1.165) is 50.2 Å². The predicted octanol–water partition coefficient (Wildman–Crippen LogP) is 2.13. The maximum atomic E-state index is 12.7. The highest BCUT2D eigenvalue weighted by molar-refractivity contribution is 5.80. The summed E-state index contributed by atoms with van der Waals surface area (Å²) in [7, 11) is 0. The highest BCUT2D eigenvalue weighted by Gasteiger charge is 2.35. The highest BCUT2D eigenvalue weighted by Crippen LogP contribution is 2.32. The molecule has 4 rings (SSSR count). The van der Waals surface area contributed by atoms with E-state index in [2.05, 4.69) is 26.2 Å². The molecule has 0 saturated carbocycles. The van der Waals surface area contributed by atoms with Gasteiger partial charge in [0.2, 0.25) is 6.79 Å². The Kier molecular flexibility index (Phi) is 6.76. The lowest BCUT2D eigenvalue weighted by Crippen LogP contribution is -2.54. The average molecular weight is 441 g/mol. The fourth-order valence-corrected chi connectivity index (χ4v) is 4.33. The van der Waals surface area contributed by atoms with Gasteiger partial charge in [0, 0.05) is 58.4 Å². The number of aliphatic imine (C=N–C) groups is 1. The van der Waals surface area contributed by atoms with E-state index in [0.29, 0.717) is 26.1 Å². The Balaban J connectivity index is 1.27. The maximum absolute atomic E-state index is 12.7. The minimum atomic E-state index is -4.15. The zero-order chi connectivity index (χ0) is 21.8. The van der Waals surface area contributed by atoms with Crippen molar-refractivity contribution in [2.24, 2.45) is 4.99 Å². The Morgan fingerprint density at radius 2 is 1.87 bits per heavy atom. The molecule has 0 radical (unpaired) electrons. The summed E-state index contributed by atoms with van der Waals surface area (Å²) >= 11 is 0. The number of benzene rings is 1. The van der Waals surface area contributed by atoms with Crippen molar-refractivity contribution in [1.29, 1.82) is 0 Å². The molecule has 0 aliphatic carbocycles. The van der Waals surface area contributed by atoms with Crippen molar-refractivity contribution in [2.75, 3.05) is 59.2 Å². The highest BCUT2D eigenvalue weighted by atomic mass is 19.4. The van der Waals surface area contributed by atoms with Crippen molar-refractivity contribution in [3.63, 3.8) is 0 Å². The van der Waals surface area contributed by atoms with Crippen LogP contribution in [0.3, 0.4) is 0 Å². The summed E-state index contributed by atoms with van der Waals surface area (Å²) in [5, 5.41) is 3.41. The van der Waals surface area contributed by atoms with Crippen molar-refractivity contribution < 1.29 is 22.6 Å². The number of alkyl halides is 3. The van der Waals surface area contributed by atoms with Crippen molar-refractivity contribution in [3.05, 3.63) is 23.8 Å². The SMILES string of the molecule is CCN=C(NC1CCN(CC(F)(F)F)C1)N1CCN(Cc2ccc3c(c2)OCO3)CC1. The first-order valence-corrected chi connectivity index (χ1v) is 10.9. The number of fused-ring (bicyclic) bond motifs is 1. The molecule has 3 aliphatic rings. The number of hydrogen-bond acceptors (Lipinski definition) is 5. The summed E-state index contributed by atoms with van der Waals surface area (Å²) in [6, 6.07) is 6.05. The smallest absolute Gasteiger partial charge is 0.401 e. The topological polar surface area (TPSA) is 52.6 Å². The normalized spacial score (nSPS) is 22.9. The van der Waals surface area contributed by atoms with Gasteiger partial charge in [-0.15, -0.1) is 0 Å². The lowest BCUT2D eigenvalue weighted by Gasteiger charge is -2.37. The Hall–Kier alpha value is -2.20. The maximum Gasteiger partial charge on any atom is 0.401 e. The second-order valence-corrected chi connectivity index (χ2v) is 8.23. The van der Waals surface area contributed by atoms with E-state index in [-0.39, 0.29) is 12.8 Å². The van der Waals surface area contributed by atoms with Gasteiger partial charge in [-0.3, -0.25) is 14.8 Å². The van der Waals surface area contributed by atoms with E-state index in [1.165, 1.54) is 10.5 Å². The summed E-state index contributed by atoms with van der Waals surface area (Å²) in [6.07, 6.45) is -3.45. The molecule has 172 valence electrons. The molecule has 3 aliphatic heterocycles. The third-order valence-electron chi connectivity index (χ3n) is 5.83. The third kappa shape index (κ3) is 5.94. The molecule has 1 aromatic carbocycles. The number of ether oxygens (including phenoxy) is 2. The van der Waals surface area contributed by atoms with Crippen LogP contribution < -0.4 is 14.8 Å². The van der Waals surface area contributed by atoms with Crippen molar-refractivity contribution in [2.45, 2.75) is 32.1 Å². The fourth-order valence-electron chi connectivity index (χ4n) is 4.33. The number of piperazine rings is 1. The summed E-state index contributed by atoms with van der Waals surface area (Å²) in [5.74, 6) is 2.40. The Bertz CT molecular complexity index is 781. The van der Waals surface area contributed by atoms with Crippen LogP contribution in [0.5, 0.6) is 11.5 Å². The van der Waals surface area contributed by atoms with E-state index in [1.54, 1.807) is 0 Å².